The molecule has 0 saturated carbocycles. The highest BCUT2D eigenvalue weighted by Crippen LogP contribution is 2.24. The lowest BCUT2D eigenvalue weighted by Crippen LogP contribution is -2.34. The summed E-state index contributed by atoms with van der Waals surface area (Å²) in [6, 6.07) is 4.12. The van der Waals surface area contributed by atoms with Crippen LogP contribution in [0, 0.1) is 0 Å². The summed E-state index contributed by atoms with van der Waals surface area (Å²) in [5.41, 5.74) is 1.38. The van der Waals surface area contributed by atoms with Crippen molar-refractivity contribution in [1.82, 2.24) is 9.80 Å². The van der Waals surface area contributed by atoms with Gasteiger partial charge in [-0.25, -0.2) is 0 Å². The van der Waals surface area contributed by atoms with Crippen molar-refractivity contribution < 1.29 is 4.79 Å². The van der Waals surface area contributed by atoms with E-state index in [1.807, 2.05) is 16.3 Å². The molecular weight excluding hydrogens is 368 g/mol. The van der Waals surface area contributed by atoms with Gasteiger partial charge in [0.2, 0.25) is 0 Å². The molecule has 2 aromatic rings. The highest BCUT2D eigenvalue weighted by atomic mass is 79.9. The summed E-state index contributed by atoms with van der Waals surface area (Å²) in [4.78, 5) is 17.8. The molecule has 0 radical (unpaired) electrons. The average molecular weight is 385 g/mol. The van der Waals surface area contributed by atoms with E-state index < -0.39 is 0 Å². The molecule has 3 rings (SSSR count). The first-order chi connectivity index (χ1) is 10.2. The first-order valence-electron chi connectivity index (χ1n) is 7.00. The van der Waals surface area contributed by atoms with Gasteiger partial charge in [-0.05, 0) is 56.2 Å². The lowest BCUT2D eigenvalue weighted by molar-refractivity contribution is 0.0765. The third-order valence-electron chi connectivity index (χ3n) is 3.67. The van der Waals surface area contributed by atoms with Crippen LogP contribution < -0.4 is 0 Å². The van der Waals surface area contributed by atoms with Gasteiger partial charge in [0.15, 0.2) is 0 Å². The van der Waals surface area contributed by atoms with Gasteiger partial charge in [0, 0.05) is 37.2 Å². The molecular formula is C15H17BrN2OS2. The third-order valence-corrected chi connectivity index (χ3v) is 6.23. The Bertz CT molecular complexity index is 597. The summed E-state index contributed by atoms with van der Waals surface area (Å²) >= 11 is 6.71. The first kappa shape index (κ1) is 15.2. The Hall–Kier alpha value is -0.690. The zero-order valence-corrected chi connectivity index (χ0v) is 14.8. The third kappa shape index (κ3) is 3.74. The number of rotatable bonds is 3. The average Bonchev–Trinajstić information content (AvgIpc) is 3.07. The molecule has 0 spiro atoms. The second-order valence-electron chi connectivity index (χ2n) is 5.15. The molecule has 0 bridgehead atoms. The van der Waals surface area contributed by atoms with Gasteiger partial charge in [-0.2, -0.15) is 11.3 Å². The van der Waals surface area contributed by atoms with Crippen molar-refractivity contribution in [2.75, 3.05) is 26.2 Å². The van der Waals surface area contributed by atoms with Crippen LogP contribution >= 0.6 is 38.6 Å². The van der Waals surface area contributed by atoms with Gasteiger partial charge in [-0.1, -0.05) is 0 Å². The quantitative estimate of drug-likeness (QED) is 0.800. The summed E-state index contributed by atoms with van der Waals surface area (Å²) in [5.74, 6) is 0.161. The molecule has 0 aromatic carbocycles. The van der Waals surface area contributed by atoms with Gasteiger partial charge >= 0.3 is 0 Å². The van der Waals surface area contributed by atoms with E-state index >= 15 is 0 Å². The summed E-state index contributed by atoms with van der Waals surface area (Å²) in [6.07, 6.45) is 1.04. The molecule has 0 atom stereocenters. The Morgan fingerprint density at radius 2 is 2.10 bits per heavy atom. The summed E-state index contributed by atoms with van der Waals surface area (Å²) < 4.78 is 0.914. The number of carbonyl (C=O) groups is 1. The standard InChI is InChI=1S/C15H17BrN2OS2/c16-13-3-9-21-14(13)15(19)18-5-1-4-17(6-7-18)10-12-2-8-20-11-12/h2-3,8-9,11H,1,4-7,10H2. The molecule has 1 fully saturated rings. The number of hydrogen-bond donors (Lipinski definition) is 0. The van der Waals surface area contributed by atoms with Gasteiger partial charge in [0.1, 0.15) is 4.88 Å². The molecule has 0 aliphatic carbocycles. The van der Waals surface area contributed by atoms with Crippen LogP contribution in [0.25, 0.3) is 0 Å². The molecule has 0 N–H and O–H groups in total. The smallest absolute Gasteiger partial charge is 0.265 e. The molecule has 0 unspecified atom stereocenters. The van der Waals surface area contributed by atoms with Crippen LogP contribution in [0.2, 0.25) is 0 Å². The predicted octanol–water partition coefficient (Wildman–Crippen LogP) is 3.92. The molecule has 3 nitrogen and oxygen atoms in total. The topological polar surface area (TPSA) is 23.6 Å². The fourth-order valence-electron chi connectivity index (χ4n) is 2.56. The van der Waals surface area contributed by atoms with Crippen LogP contribution in [0.1, 0.15) is 21.7 Å². The minimum Gasteiger partial charge on any atom is -0.337 e. The minimum atomic E-state index is 0.161. The summed E-state index contributed by atoms with van der Waals surface area (Å²) in [5, 5.41) is 6.28. The maximum atomic E-state index is 12.5. The second kappa shape index (κ2) is 7.05. The van der Waals surface area contributed by atoms with E-state index in [-0.39, 0.29) is 5.91 Å². The number of thiophene rings is 2. The van der Waals surface area contributed by atoms with Gasteiger partial charge in [-0.15, -0.1) is 11.3 Å². The second-order valence-corrected chi connectivity index (χ2v) is 7.70. The molecule has 112 valence electrons. The van der Waals surface area contributed by atoms with Crippen LogP contribution in [0.3, 0.4) is 0 Å². The Morgan fingerprint density at radius 1 is 1.19 bits per heavy atom. The molecule has 21 heavy (non-hydrogen) atoms. The van der Waals surface area contributed by atoms with E-state index in [2.05, 4.69) is 37.7 Å². The van der Waals surface area contributed by atoms with Gasteiger partial charge < -0.3 is 4.90 Å². The normalized spacial score (nSPS) is 16.9. The fraction of sp³-hybridized carbons (Fsp3) is 0.400. The van der Waals surface area contributed by atoms with Crippen LogP contribution in [-0.4, -0.2) is 41.9 Å². The van der Waals surface area contributed by atoms with E-state index in [4.69, 9.17) is 0 Å². The van der Waals surface area contributed by atoms with Crippen LogP contribution in [0.5, 0.6) is 0 Å². The number of nitrogens with zero attached hydrogens (tertiary/aromatic N) is 2. The predicted molar refractivity (Wildman–Crippen MR) is 92.1 cm³/mol. The van der Waals surface area contributed by atoms with Crippen molar-refractivity contribution in [3.63, 3.8) is 0 Å². The molecule has 1 amide bonds. The van der Waals surface area contributed by atoms with Crippen LogP contribution in [0.15, 0.2) is 32.7 Å². The maximum Gasteiger partial charge on any atom is 0.265 e. The van der Waals surface area contributed by atoms with Crippen molar-refractivity contribution in [3.8, 4) is 0 Å². The number of hydrogen-bond acceptors (Lipinski definition) is 4. The maximum absolute atomic E-state index is 12.5. The highest BCUT2D eigenvalue weighted by Gasteiger charge is 2.22. The van der Waals surface area contributed by atoms with Crippen molar-refractivity contribution in [3.05, 3.63) is 43.2 Å². The Kier molecular flexibility index (Phi) is 5.11. The van der Waals surface area contributed by atoms with Crippen LogP contribution in [-0.2, 0) is 6.54 Å². The molecule has 3 heterocycles. The molecule has 2 aromatic heterocycles. The van der Waals surface area contributed by atoms with Crippen LogP contribution in [0.4, 0.5) is 0 Å². The van der Waals surface area contributed by atoms with Gasteiger partial charge in [0.05, 0.1) is 0 Å². The molecule has 1 aliphatic heterocycles. The lowest BCUT2D eigenvalue weighted by Gasteiger charge is -2.21. The molecule has 6 heteroatoms. The van der Waals surface area contributed by atoms with E-state index in [0.29, 0.717) is 0 Å². The van der Waals surface area contributed by atoms with E-state index in [1.165, 1.54) is 16.9 Å². The van der Waals surface area contributed by atoms with Gasteiger partial charge in [0.25, 0.3) is 5.91 Å². The number of amides is 1. The molecule has 1 saturated heterocycles. The largest absolute Gasteiger partial charge is 0.337 e. The Labute approximate surface area is 141 Å². The van der Waals surface area contributed by atoms with Gasteiger partial charge in [-0.3, -0.25) is 9.69 Å². The summed E-state index contributed by atoms with van der Waals surface area (Å²) in [7, 11) is 0. The zero-order chi connectivity index (χ0) is 14.7. The van der Waals surface area contributed by atoms with E-state index in [9.17, 15) is 4.79 Å². The lowest BCUT2D eigenvalue weighted by atomic mass is 10.3. The monoisotopic (exact) mass is 384 g/mol. The first-order valence-corrected chi connectivity index (χ1v) is 9.61. The summed E-state index contributed by atoms with van der Waals surface area (Å²) in [6.45, 7) is 4.67. The van der Waals surface area contributed by atoms with E-state index in [0.717, 1.165) is 48.5 Å². The van der Waals surface area contributed by atoms with E-state index in [1.54, 1.807) is 11.3 Å². The van der Waals surface area contributed by atoms with Crippen molar-refractivity contribution in [2.24, 2.45) is 0 Å². The Morgan fingerprint density at radius 3 is 2.81 bits per heavy atom. The zero-order valence-electron chi connectivity index (χ0n) is 11.6. The Balaban J connectivity index is 1.60. The fourth-order valence-corrected chi connectivity index (χ4v) is 4.73. The number of halogens is 1. The SMILES string of the molecule is O=C(c1sccc1Br)N1CCCN(Cc2ccsc2)CC1. The van der Waals surface area contributed by atoms with Crippen molar-refractivity contribution in [2.45, 2.75) is 13.0 Å². The molecule has 1 aliphatic rings. The highest BCUT2D eigenvalue weighted by molar-refractivity contribution is 9.10. The number of carbonyl (C=O) groups excluding carboxylic acids is 1. The van der Waals surface area contributed by atoms with Crippen molar-refractivity contribution >= 4 is 44.5 Å². The van der Waals surface area contributed by atoms with Crippen molar-refractivity contribution in [1.29, 1.82) is 0 Å². The minimum absolute atomic E-state index is 0.161.